The van der Waals surface area contributed by atoms with Crippen molar-refractivity contribution in [2.45, 2.75) is 25.3 Å². The third-order valence-electron chi connectivity index (χ3n) is 3.76. The highest BCUT2D eigenvalue weighted by Crippen LogP contribution is 2.40. The Hall–Kier alpha value is -0.440. The van der Waals surface area contributed by atoms with Gasteiger partial charge in [-0.05, 0) is 38.6 Å². The molecule has 96 valence electrons. The fourth-order valence-corrected chi connectivity index (χ4v) is 2.92. The fourth-order valence-electron chi connectivity index (χ4n) is 2.92. The van der Waals surface area contributed by atoms with Gasteiger partial charge in [0.05, 0.1) is 0 Å². The van der Waals surface area contributed by atoms with E-state index in [2.05, 4.69) is 42.4 Å². The Morgan fingerprint density at radius 1 is 1.29 bits per heavy atom. The lowest BCUT2D eigenvalue weighted by Gasteiger charge is -2.32. The van der Waals surface area contributed by atoms with Crippen molar-refractivity contribution < 1.29 is 0 Å². The SMILES string of the molecule is Cc1ccc2c(c1)[C@@H]1CN(C)CC[C@H]1N2.Cl.Cl. The van der Waals surface area contributed by atoms with E-state index < -0.39 is 0 Å². The van der Waals surface area contributed by atoms with E-state index in [1.165, 1.54) is 36.3 Å². The first kappa shape index (κ1) is 14.6. The van der Waals surface area contributed by atoms with Crippen molar-refractivity contribution >= 4 is 30.5 Å². The second-order valence-electron chi connectivity index (χ2n) is 5.00. The van der Waals surface area contributed by atoms with Crippen molar-refractivity contribution in [2.24, 2.45) is 0 Å². The highest BCUT2D eigenvalue weighted by Gasteiger charge is 2.35. The molecule has 0 radical (unpaired) electrons. The van der Waals surface area contributed by atoms with Crippen LogP contribution in [0, 0.1) is 6.92 Å². The van der Waals surface area contributed by atoms with E-state index in [0.29, 0.717) is 12.0 Å². The predicted octanol–water partition coefficient (Wildman–Crippen LogP) is 3.05. The van der Waals surface area contributed by atoms with Gasteiger partial charge >= 0.3 is 0 Å². The molecule has 0 unspecified atom stereocenters. The number of likely N-dealkylation sites (tertiary alicyclic amines) is 1. The first-order valence-corrected chi connectivity index (χ1v) is 5.79. The molecule has 4 heteroatoms. The molecule has 2 aliphatic heterocycles. The zero-order valence-corrected chi connectivity index (χ0v) is 11.9. The Morgan fingerprint density at radius 2 is 2.06 bits per heavy atom. The summed E-state index contributed by atoms with van der Waals surface area (Å²) in [6, 6.07) is 7.47. The molecular weight excluding hydrogens is 255 g/mol. The molecule has 3 rings (SSSR count). The van der Waals surface area contributed by atoms with E-state index in [0.717, 1.165) is 0 Å². The van der Waals surface area contributed by atoms with Crippen molar-refractivity contribution in [3.63, 3.8) is 0 Å². The predicted molar refractivity (Wildman–Crippen MR) is 77.9 cm³/mol. The standard InChI is InChI=1S/C13H18N2.2ClH/c1-9-3-4-12-10(7-9)11-8-15(2)6-5-13(11)14-12;;/h3-4,7,11,13-14H,5-6,8H2,1-2H3;2*1H/t11-,13+;;/m0../s1. The van der Waals surface area contributed by atoms with Gasteiger partial charge < -0.3 is 10.2 Å². The Bertz CT molecular complexity index is 395. The summed E-state index contributed by atoms with van der Waals surface area (Å²) >= 11 is 0. The number of fused-ring (bicyclic) bond motifs is 3. The summed E-state index contributed by atoms with van der Waals surface area (Å²) in [4.78, 5) is 2.44. The molecule has 2 nitrogen and oxygen atoms in total. The third kappa shape index (κ3) is 2.54. The number of nitrogens with zero attached hydrogens (tertiary/aromatic N) is 1. The average Bonchev–Trinajstić information content (AvgIpc) is 2.56. The molecule has 2 aliphatic rings. The minimum Gasteiger partial charge on any atom is -0.381 e. The first-order valence-electron chi connectivity index (χ1n) is 5.79. The van der Waals surface area contributed by atoms with Gasteiger partial charge in [-0.1, -0.05) is 17.7 Å². The zero-order valence-electron chi connectivity index (χ0n) is 10.3. The molecule has 17 heavy (non-hydrogen) atoms. The highest BCUT2D eigenvalue weighted by molar-refractivity contribution is 5.85. The normalized spacial score (nSPS) is 26.0. The monoisotopic (exact) mass is 274 g/mol. The molecule has 1 N–H and O–H groups in total. The summed E-state index contributed by atoms with van der Waals surface area (Å²) in [5.74, 6) is 0.707. The summed E-state index contributed by atoms with van der Waals surface area (Å²) < 4.78 is 0. The Morgan fingerprint density at radius 3 is 2.82 bits per heavy atom. The lowest BCUT2D eigenvalue weighted by atomic mass is 9.89. The molecule has 1 aromatic rings. The van der Waals surface area contributed by atoms with E-state index in [-0.39, 0.29) is 24.8 Å². The molecule has 1 saturated heterocycles. The molecule has 0 saturated carbocycles. The van der Waals surface area contributed by atoms with E-state index in [1.807, 2.05) is 0 Å². The molecule has 0 amide bonds. The fraction of sp³-hybridized carbons (Fsp3) is 0.538. The Balaban J connectivity index is 0.000000722. The number of hydrogen-bond acceptors (Lipinski definition) is 2. The summed E-state index contributed by atoms with van der Waals surface area (Å²) in [5.41, 5.74) is 4.28. The number of aryl methyl sites for hydroxylation is 1. The van der Waals surface area contributed by atoms with Crippen LogP contribution in [0.15, 0.2) is 18.2 Å². The van der Waals surface area contributed by atoms with Gasteiger partial charge in [-0.15, -0.1) is 24.8 Å². The number of hydrogen-bond donors (Lipinski definition) is 1. The van der Waals surface area contributed by atoms with Gasteiger partial charge in [0, 0.05) is 24.2 Å². The average molecular weight is 275 g/mol. The van der Waals surface area contributed by atoms with E-state index in [1.54, 1.807) is 0 Å². The molecule has 2 heterocycles. The van der Waals surface area contributed by atoms with Crippen LogP contribution < -0.4 is 5.32 Å². The molecule has 2 atom stereocenters. The minimum atomic E-state index is 0. The first-order chi connectivity index (χ1) is 7.24. The number of benzene rings is 1. The molecule has 0 aliphatic carbocycles. The zero-order chi connectivity index (χ0) is 10.4. The summed E-state index contributed by atoms with van der Waals surface area (Å²) in [5, 5.41) is 3.66. The van der Waals surface area contributed by atoms with Gasteiger partial charge in [-0.3, -0.25) is 0 Å². The van der Waals surface area contributed by atoms with Gasteiger partial charge in [0.1, 0.15) is 0 Å². The molecule has 0 spiro atoms. The van der Waals surface area contributed by atoms with Gasteiger partial charge in [-0.2, -0.15) is 0 Å². The largest absolute Gasteiger partial charge is 0.381 e. The number of anilines is 1. The minimum absolute atomic E-state index is 0. The Labute approximate surface area is 116 Å². The van der Waals surface area contributed by atoms with E-state index in [9.17, 15) is 0 Å². The maximum absolute atomic E-state index is 3.66. The second-order valence-corrected chi connectivity index (χ2v) is 5.00. The van der Waals surface area contributed by atoms with Gasteiger partial charge in [0.25, 0.3) is 0 Å². The maximum atomic E-state index is 3.66. The summed E-state index contributed by atoms with van der Waals surface area (Å²) in [7, 11) is 2.23. The summed E-state index contributed by atoms with van der Waals surface area (Å²) in [6.07, 6.45) is 1.27. The van der Waals surface area contributed by atoms with Crippen LogP contribution in [0.5, 0.6) is 0 Å². The van der Waals surface area contributed by atoms with Crippen molar-refractivity contribution in [3.05, 3.63) is 29.3 Å². The van der Waals surface area contributed by atoms with Gasteiger partial charge in [0.2, 0.25) is 0 Å². The highest BCUT2D eigenvalue weighted by atomic mass is 35.5. The smallest absolute Gasteiger partial charge is 0.0379 e. The van der Waals surface area contributed by atoms with Crippen LogP contribution in [0.25, 0.3) is 0 Å². The third-order valence-corrected chi connectivity index (χ3v) is 3.76. The van der Waals surface area contributed by atoms with Gasteiger partial charge in [-0.25, -0.2) is 0 Å². The van der Waals surface area contributed by atoms with E-state index in [4.69, 9.17) is 0 Å². The maximum Gasteiger partial charge on any atom is 0.0379 e. The molecule has 0 bridgehead atoms. The number of piperidine rings is 1. The molecule has 1 fully saturated rings. The van der Waals surface area contributed by atoms with Crippen LogP contribution in [0.4, 0.5) is 5.69 Å². The lowest BCUT2D eigenvalue weighted by molar-refractivity contribution is 0.243. The molecular formula is C13H20Cl2N2. The van der Waals surface area contributed by atoms with Crippen molar-refractivity contribution in [2.75, 3.05) is 25.5 Å². The number of rotatable bonds is 0. The second kappa shape index (κ2) is 5.47. The van der Waals surface area contributed by atoms with Crippen LogP contribution in [0.1, 0.15) is 23.5 Å². The van der Waals surface area contributed by atoms with Crippen LogP contribution in [-0.4, -0.2) is 31.1 Å². The molecule has 1 aromatic carbocycles. The number of halogens is 2. The van der Waals surface area contributed by atoms with Crippen molar-refractivity contribution in [1.82, 2.24) is 4.90 Å². The van der Waals surface area contributed by atoms with Crippen LogP contribution in [-0.2, 0) is 0 Å². The van der Waals surface area contributed by atoms with Gasteiger partial charge in [0.15, 0.2) is 0 Å². The van der Waals surface area contributed by atoms with Crippen molar-refractivity contribution in [1.29, 1.82) is 0 Å². The lowest BCUT2D eigenvalue weighted by Crippen LogP contribution is -2.39. The molecule has 0 aromatic heterocycles. The topological polar surface area (TPSA) is 15.3 Å². The summed E-state index contributed by atoms with van der Waals surface area (Å²) in [6.45, 7) is 4.61. The van der Waals surface area contributed by atoms with E-state index >= 15 is 0 Å². The quantitative estimate of drug-likeness (QED) is 0.783. The van der Waals surface area contributed by atoms with Crippen LogP contribution >= 0.6 is 24.8 Å². The van der Waals surface area contributed by atoms with Crippen LogP contribution in [0.3, 0.4) is 0 Å². The number of nitrogens with one attached hydrogen (secondary N) is 1. The van der Waals surface area contributed by atoms with Crippen LogP contribution in [0.2, 0.25) is 0 Å². The number of likely N-dealkylation sites (N-methyl/N-ethyl adjacent to an activating group) is 1. The Kier molecular flexibility index (Phi) is 4.70. The van der Waals surface area contributed by atoms with Crippen molar-refractivity contribution in [3.8, 4) is 0 Å².